The molecule has 0 aromatic carbocycles. The summed E-state index contributed by atoms with van der Waals surface area (Å²) in [7, 11) is 0. The van der Waals surface area contributed by atoms with Gasteiger partial charge in [-0.25, -0.2) is 0 Å². The highest BCUT2D eigenvalue weighted by atomic mass is 35.5. The summed E-state index contributed by atoms with van der Waals surface area (Å²) >= 11 is 0. The molecule has 0 aromatic heterocycles. The third-order valence-electron chi connectivity index (χ3n) is 1.57. The van der Waals surface area contributed by atoms with Crippen molar-refractivity contribution < 1.29 is 10.2 Å². The van der Waals surface area contributed by atoms with Crippen LogP contribution in [0.25, 0.3) is 0 Å². The Labute approximate surface area is 83.7 Å². The number of aliphatic hydroxyl groups is 2. The molecule has 0 bridgehead atoms. The first kappa shape index (κ1) is 12.6. The maximum Gasteiger partial charge on any atom is 0.219 e. The zero-order chi connectivity index (χ0) is 9.03. The molecule has 0 saturated carbocycles. The molecule has 0 spiro atoms. The molecule has 0 amide bonds. The zero-order valence-corrected chi connectivity index (χ0v) is 8.39. The van der Waals surface area contributed by atoms with Crippen LogP contribution >= 0.6 is 12.4 Å². The molecule has 1 aliphatic heterocycles. The lowest BCUT2D eigenvalue weighted by Gasteiger charge is -2.17. The molecule has 6 heteroatoms. The first-order valence-corrected chi connectivity index (χ1v) is 4.05. The lowest BCUT2D eigenvalue weighted by Crippen LogP contribution is -2.43. The van der Waals surface area contributed by atoms with Crippen LogP contribution in [0.15, 0.2) is 4.99 Å². The Bertz CT molecular complexity index is 179. The Morgan fingerprint density at radius 3 is 2.77 bits per heavy atom. The molecular formula is C7H16ClN3O2. The second-order valence-corrected chi connectivity index (χ2v) is 2.95. The van der Waals surface area contributed by atoms with Gasteiger partial charge in [0, 0.05) is 26.4 Å². The number of amidine groups is 1. The van der Waals surface area contributed by atoms with Crippen LogP contribution in [0.5, 0.6) is 0 Å². The summed E-state index contributed by atoms with van der Waals surface area (Å²) in [6.07, 6.45) is 0.705. The lowest BCUT2D eigenvalue weighted by atomic mass is 10.4. The van der Waals surface area contributed by atoms with E-state index in [1.165, 1.54) is 6.92 Å². The van der Waals surface area contributed by atoms with E-state index in [2.05, 4.69) is 15.6 Å². The van der Waals surface area contributed by atoms with Crippen LogP contribution in [0.2, 0.25) is 0 Å². The van der Waals surface area contributed by atoms with Crippen LogP contribution in [0.1, 0.15) is 13.3 Å². The molecule has 0 saturated heterocycles. The molecule has 0 fully saturated rings. The van der Waals surface area contributed by atoms with Crippen molar-refractivity contribution in [2.45, 2.75) is 19.3 Å². The van der Waals surface area contributed by atoms with E-state index in [0.29, 0.717) is 13.0 Å². The number of nitrogens with one attached hydrogen (secondary N) is 2. The number of halogens is 1. The van der Waals surface area contributed by atoms with Crippen LogP contribution in [-0.2, 0) is 0 Å². The minimum absolute atomic E-state index is 0. The maximum atomic E-state index is 8.88. The predicted octanol–water partition coefficient (Wildman–Crippen LogP) is -0.952. The van der Waals surface area contributed by atoms with Crippen molar-refractivity contribution >= 4 is 18.2 Å². The van der Waals surface area contributed by atoms with E-state index in [4.69, 9.17) is 10.2 Å². The van der Waals surface area contributed by atoms with E-state index in [1.54, 1.807) is 0 Å². The number of hydrogen-bond acceptors (Lipinski definition) is 5. The fourth-order valence-electron chi connectivity index (χ4n) is 1.03. The van der Waals surface area contributed by atoms with E-state index in [9.17, 15) is 0 Å². The van der Waals surface area contributed by atoms with E-state index < -0.39 is 5.91 Å². The number of hydrogen-bond donors (Lipinski definition) is 4. The standard InChI is InChI=1S/C7H15N3O2.ClH/c1-7(11,12)10-3-2-6-8-4-5-9-6;/h10-12H,2-5H2,1H3,(H,8,9);1H. The molecule has 0 aliphatic carbocycles. The summed E-state index contributed by atoms with van der Waals surface area (Å²) in [4.78, 5) is 4.16. The molecule has 0 aromatic rings. The van der Waals surface area contributed by atoms with E-state index in [1.807, 2.05) is 0 Å². The molecule has 0 radical (unpaired) electrons. The van der Waals surface area contributed by atoms with Crippen LogP contribution in [0.3, 0.4) is 0 Å². The second kappa shape index (κ2) is 5.39. The van der Waals surface area contributed by atoms with Gasteiger partial charge < -0.3 is 15.5 Å². The Balaban J connectivity index is 0.00000144. The minimum atomic E-state index is -1.78. The topological polar surface area (TPSA) is 76.9 Å². The van der Waals surface area contributed by atoms with Crippen molar-refractivity contribution in [1.29, 1.82) is 0 Å². The fourth-order valence-corrected chi connectivity index (χ4v) is 1.03. The smallest absolute Gasteiger partial charge is 0.219 e. The van der Waals surface area contributed by atoms with Crippen molar-refractivity contribution in [3.05, 3.63) is 0 Å². The van der Waals surface area contributed by atoms with Crippen LogP contribution < -0.4 is 10.6 Å². The Morgan fingerprint density at radius 1 is 1.62 bits per heavy atom. The molecule has 0 atom stereocenters. The van der Waals surface area contributed by atoms with Gasteiger partial charge in [0.25, 0.3) is 0 Å². The number of aliphatic imine (C=N–C) groups is 1. The van der Waals surface area contributed by atoms with Crippen LogP contribution in [-0.4, -0.2) is 41.6 Å². The van der Waals surface area contributed by atoms with Crippen molar-refractivity contribution in [3.8, 4) is 0 Å². The second-order valence-electron chi connectivity index (χ2n) is 2.95. The van der Waals surface area contributed by atoms with Gasteiger partial charge in [0.15, 0.2) is 0 Å². The van der Waals surface area contributed by atoms with Gasteiger partial charge in [0.2, 0.25) is 5.91 Å². The van der Waals surface area contributed by atoms with Crippen LogP contribution in [0, 0.1) is 0 Å². The summed E-state index contributed by atoms with van der Waals surface area (Å²) in [6, 6.07) is 0. The van der Waals surface area contributed by atoms with Gasteiger partial charge >= 0.3 is 0 Å². The third kappa shape index (κ3) is 5.81. The Morgan fingerprint density at radius 2 is 2.31 bits per heavy atom. The van der Waals surface area contributed by atoms with Crippen molar-refractivity contribution in [3.63, 3.8) is 0 Å². The maximum absolute atomic E-state index is 8.88. The molecular weight excluding hydrogens is 194 g/mol. The SMILES string of the molecule is CC(O)(O)NCCC1=NCCN1.Cl. The van der Waals surface area contributed by atoms with E-state index in [0.717, 1.165) is 18.9 Å². The molecule has 1 heterocycles. The summed E-state index contributed by atoms with van der Waals surface area (Å²) in [6.45, 7) is 3.52. The average molecular weight is 210 g/mol. The zero-order valence-electron chi connectivity index (χ0n) is 7.58. The van der Waals surface area contributed by atoms with E-state index >= 15 is 0 Å². The summed E-state index contributed by atoms with van der Waals surface area (Å²) in [5.74, 6) is -0.842. The molecule has 4 N–H and O–H groups in total. The van der Waals surface area contributed by atoms with Gasteiger partial charge in [-0.1, -0.05) is 0 Å². The first-order chi connectivity index (χ1) is 5.58. The van der Waals surface area contributed by atoms with Gasteiger partial charge in [-0.3, -0.25) is 10.3 Å². The van der Waals surface area contributed by atoms with Gasteiger partial charge in [-0.05, 0) is 0 Å². The molecule has 5 nitrogen and oxygen atoms in total. The highest BCUT2D eigenvalue weighted by Gasteiger charge is 2.13. The van der Waals surface area contributed by atoms with Crippen molar-refractivity contribution in [1.82, 2.24) is 10.6 Å². The first-order valence-electron chi connectivity index (χ1n) is 4.05. The summed E-state index contributed by atoms with van der Waals surface area (Å²) < 4.78 is 0. The van der Waals surface area contributed by atoms with Crippen molar-refractivity contribution in [2.75, 3.05) is 19.6 Å². The molecule has 78 valence electrons. The van der Waals surface area contributed by atoms with E-state index in [-0.39, 0.29) is 12.4 Å². The third-order valence-corrected chi connectivity index (χ3v) is 1.57. The Kier molecular flexibility index (Phi) is 5.24. The highest BCUT2D eigenvalue weighted by molar-refractivity contribution is 5.85. The lowest BCUT2D eigenvalue weighted by molar-refractivity contribution is -0.168. The van der Waals surface area contributed by atoms with Crippen LogP contribution in [0.4, 0.5) is 0 Å². The normalized spacial score (nSPS) is 16.1. The molecule has 1 rings (SSSR count). The Hall–Kier alpha value is -0.360. The quantitative estimate of drug-likeness (QED) is 0.451. The van der Waals surface area contributed by atoms with Gasteiger partial charge in [0.1, 0.15) is 0 Å². The van der Waals surface area contributed by atoms with Crippen molar-refractivity contribution in [2.24, 2.45) is 4.99 Å². The van der Waals surface area contributed by atoms with Gasteiger partial charge in [0.05, 0.1) is 12.4 Å². The minimum Gasteiger partial charge on any atom is -0.372 e. The monoisotopic (exact) mass is 209 g/mol. The summed E-state index contributed by atoms with van der Waals surface area (Å²) in [5.41, 5.74) is 0. The van der Waals surface area contributed by atoms with Gasteiger partial charge in [-0.15, -0.1) is 12.4 Å². The fraction of sp³-hybridized carbons (Fsp3) is 0.857. The number of rotatable bonds is 4. The number of nitrogens with zero attached hydrogens (tertiary/aromatic N) is 1. The molecule has 13 heavy (non-hydrogen) atoms. The molecule has 1 aliphatic rings. The largest absolute Gasteiger partial charge is 0.372 e. The highest BCUT2D eigenvalue weighted by Crippen LogP contribution is 1.93. The average Bonchev–Trinajstić information content (AvgIpc) is 2.36. The predicted molar refractivity (Wildman–Crippen MR) is 53.0 cm³/mol. The summed E-state index contributed by atoms with van der Waals surface area (Å²) in [5, 5.41) is 23.4. The van der Waals surface area contributed by atoms with Gasteiger partial charge in [-0.2, -0.15) is 0 Å². The molecule has 0 unspecified atom stereocenters.